The van der Waals surface area contributed by atoms with E-state index in [4.69, 9.17) is 4.74 Å². The number of amides is 1. The standard InChI is InChI=1S/C20H26N2O4S2/c1-2-26-16-7-9-17(10-8-16)28(24,25)22-14-19(23)21-15-20(11-3-4-12-20)18-6-5-13-27-18/h5-10,13,22H,2-4,11-12,14-15H2,1H3,(H,21,23). The Morgan fingerprint density at radius 2 is 1.89 bits per heavy atom. The zero-order chi connectivity index (χ0) is 20.0. The molecular weight excluding hydrogens is 396 g/mol. The molecule has 1 heterocycles. The molecule has 2 N–H and O–H groups in total. The van der Waals surface area contributed by atoms with Crippen LogP contribution in [0.5, 0.6) is 5.75 Å². The Balaban J connectivity index is 1.54. The molecule has 152 valence electrons. The van der Waals surface area contributed by atoms with Gasteiger partial charge < -0.3 is 10.1 Å². The molecule has 0 spiro atoms. The van der Waals surface area contributed by atoms with Gasteiger partial charge in [0.15, 0.2) is 0 Å². The molecule has 0 unspecified atom stereocenters. The summed E-state index contributed by atoms with van der Waals surface area (Å²) in [5, 5.41) is 4.98. The molecular formula is C20H26N2O4S2. The maximum absolute atomic E-state index is 12.4. The van der Waals surface area contributed by atoms with E-state index in [1.54, 1.807) is 23.5 Å². The third-order valence-electron chi connectivity index (χ3n) is 5.10. The average Bonchev–Trinajstić information content (AvgIpc) is 3.38. The van der Waals surface area contributed by atoms with Crippen LogP contribution in [0.1, 0.15) is 37.5 Å². The molecule has 3 rings (SSSR count). The van der Waals surface area contributed by atoms with Crippen molar-refractivity contribution >= 4 is 27.3 Å². The second kappa shape index (κ2) is 9.07. The van der Waals surface area contributed by atoms with Crippen molar-refractivity contribution in [1.29, 1.82) is 0 Å². The Morgan fingerprint density at radius 3 is 2.50 bits per heavy atom. The van der Waals surface area contributed by atoms with Crippen LogP contribution in [-0.4, -0.2) is 34.0 Å². The Hall–Kier alpha value is -1.90. The summed E-state index contributed by atoms with van der Waals surface area (Å²) in [6, 6.07) is 10.3. The first-order chi connectivity index (χ1) is 13.5. The normalized spacial score (nSPS) is 16.0. The molecule has 28 heavy (non-hydrogen) atoms. The van der Waals surface area contributed by atoms with Crippen molar-refractivity contribution in [2.45, 2.75) is 42.9 Å². The van der Waals surface area contributed by atoms with Crippen molar-refractivity contribution < 1.29 is 17.9 Å². The first-order valence-electron chi connectivity index (χ1n) is 9.48. The highest BCUT2D eigenvalue weighted by atomic mass is 32.2. The van der Waals surface area contributed by atoms with Crippen LogP contribution >= 0.6 is 11.3 Å². The van der Waals surface area contributed by atoms with Gasteiger partial charge in [-0.05, 0) is 55.5 Å². The van der Waals surface area contributed by atoms with Crippen LogP contribution in [0, 0.1) is 0 Å². The van der Waals surface area contributed by atoms with E-state index < -0.39 is 10.0 Å². The summed E-state index contributed by atoms with van der Waals surface area (Å²) in [7, 11) is -3.75. The Kier molecular flexibility index (Phi) is 6.74. The van der Waals surface area contributed by atoms with Gasteiger partial charge >= 0.3 is 0 Å². The van der Waals surface area contributed by atoms with Crippen molar-refractivity contribution in [1.82, 2.24) is 10.0 Å². The largest absolute Gasteiger partial charge is 0.494 e. The number of thiophene rings is 1. The first kappa shape index (κ1) is 20.8. The van der Waals surface area contributed by atoms with E-state index in [0.717, 1.165) is 25.7 Å². The molecule has 1 fully saturated rings. The van der Waals surface area contributed by atoms with E-state index in [-0.39, 0.29) is 22.8 Å². The maximum atomic E-state index is 12.4. The van der Waals surface area contributed by atoms with Crippen molar-refractivity contribution in [2.24, 2.45) is 0 Å². The molecule has 0 aliphatic heterocycles. The summed E-state index contributed by atoms with van der Waals surface area (Å²) in [6.45, 7) is 2.63. The van der Waals surface area contributed by atoms with Gasteiger partial charge in [0.25, 0.3) is 0 Å². The Labute approximate surface area is 170 Å². The van der Waals surface area contributed by atoms with Gasteiger partial charge in [0.05, 0.1) is 18.0 Å². The molecule has 1 aliphatic rings. The van der Waals surface area contributed by atoms with Gasteiger partial charge in [-0.25, -0.2) is 13.1 Å². The number of sulfonamides is 1. The topological polar surface area (TPSA) is 84.5 Å². The summed E-state index contributed by atoms with van der Waals surface area (Å²) < 4.78 is 32.5. The molecule has 0 radical (unpaired) electrons. The number of benzene rings is 1. The van der Waals surface area contributed by atoms with E-state index in [0.29, 0.717) is 18.9 Å². The van der Waals surface area contributed by atoms with Crippen LogP contribution in [0.4, 0.5) is 0 Å². The molecule has 2 aromatic rings. The van der Waals surface area contributed by atoms with Gasteiger partial charge in [0, 0.05) is 16.8 Å². The van der Waals surface area contributed by atoms with Gasteiger partial charge in [0.2, 0.25) is 15.9 Å². The fraction of sp³-hybridized carbons (Fsp3) is 0.450. The van der Waals surface area contributed by atoms with Crippen molar-refractivity contribution in [2.75, 3.05) is 19.7 Å². The lowest BCUT2D eigenvalue weighted by Crippen LogP contribution is -2.43. The molecule has 6 nitrogen and oxygen atoms in total. The van der Waals surface area contributed by atoms with E-state index in [9.17, 15) is 13.2 Å². The average molecular weight is 423 g/mol. The predicted molar refractivity (Wildman–Crippen MR) is 110 cm³/mol. The maximum Gasteiger partial charge on any atom is 0.241 e. The number of ether oxygens (including phenoxy) is 1. The first-order valence-corrected chi connectivity index (χ1v) is 11.8. The summed E-state index contributed by atoms with van der Waals surface area (Å²) in [5.74, 6) is 0.284. The molecule has 0 saturated heterocycles. The summed E-state index contributed by atoms with van der Waals surface area (Å²) in [5.41, 5.74) is -0.0161. The SMILES string of the molecule is CCOc1ccc(S(=O)(=O)NCC(=O)NCC2(c3cccs3)CCCC2)cc1. The number of hydrogen-bond donors (Lipinski definition) is 2. The predicted octanol–water partition coefficient (Wildman–Crippen LogP) is 3.05. The van der Waals surface area contributed by atoms with Crippen LogP contribution in [0.3, 0.4) is 0 Å². The minimum absolute atomic E-state index is 0.0161. The van der Waals surface area contributed by atoms with Gasteiger partial charge in [-0.3, -0.25) is 4.79 Å². The monoisotopic (exact) mass is 422 g/mol. The lowest BCUT2D eigenvalue weighted by atomic mass is 9.84. The van der Waals surface area contributed by atoms with Crippen molar-refractivity contribution in [3.05, 3.63) is 46.7 Å². The lowest BCUT2D eigenvalue weighted by Gasteiger charge is -2.28. The molecule has 0 atom stereocenters. The highest BCUT2D eigenvalue weighted by Crippen LogP contribution is 2.42. The van der Waals surface area contributed by atoms with Gasteiger partial charge in [-0.2, -0.15) is 0 Å². The van der Waals surface area contributed by atoms with Gasteiger partial charge in [-0.1, -0.05) is 18.9 Å². The van der Waals surface area contributed by atoms with Crippen LogP contribution in [0.25, 0.3) is 0 Å². The molecule has 1 aromatic heterocycles. The molecule has 0 bridgehead atoms. The molecule has 8 heteroatoms. The van der Waals surface area contributed by atoms with E-state index in [1.165, 1.54) is 17.0 Å². The minimum atomic E-state index is -3.75. The van der Waals surface area contributed by atoms with Crippen molar-refractivity contribution in [3.8, 4) is 5.75 Å². The molecule has 1 aliphatic carbocycles. The quantitative estimate of drug-likeness (QED) is 0.650. The van der Waals surface area contributed by atoms with E-state index >= 15 is 0 Å². The lowest BCUT2D eigenvalue weighted by molar-refractivity contribution is -0.120. The summed E-state index contributed by atoms with van der Waals surface area (Å²) in [6.07, 6.45) is 4.40. The number of carbonyl (C=O) groups excluding carboxylic acids is 1. The zero-order valence-electron chi connectivity index (χ0n) is 15.9. The number of hydrogen-bond acceptors (Lipinski definition) is 5. The van der Waals surface area contributed by atoms with E-state index in [2.05, 4.69) is 21.5 Å². The summed E-state index contributed by atoms with van der Waals surface area (Å²) >= 11 is 1.72. The Bertz CT molecular complexity index is 871. The van der Waals surface area contributed by atoms with E-state index in [1.807, 2.05) is 13.0 Å². The van der Waals surface area contributed by atoms with Crippen LogP contribution in [-0.2, 0) is 20.2 Å². The van der Waals surface area contributed by atoms with Crippen LogP contribution in [0.2, 0.25) is 0 Å². The van der Waals surface area contributed by atoms with Gasteiger partial charge in [-0.15, -0.1) is 11.3 Å². The second-order valence-corrected chi connectivity index (χ2v) is 9.69. The highest BCUT2D eigenvalue weighted by molar-refractivity contribution is 7.89. The number of rotatable bonds is 9. The van der Waals surface area contributed by atoms with Crippen LogP contribution in [0.15, 0.2) is 46.7 Å². The number of nitrogens with one attached hydrogen (secondary N) is 2. The minimum Gasteiger partial charge on any atom is -0.494 e. The third kappa shape index (κ3) is 4.92. The highest BCUT2D eigenvalue weighted by Gasteiger charge is 2.36. The second-order valence-electron chi connectivity index (χ2n) is 6.97. The molecule has 1 saturated carbocycles. The molecule has 1 amide bonds. The Morgan fingerprint density at radius 1 is 1.18 bits per heavy atom. The van der Waals surface area contributed by atoms with Crippen molar-refractivity contribution in [3.63, 3.8) is 0 Å². The third-order valence-corrected chi connectivity index (χ3v) is 7.63. The smallest absolute Gasteiger partial charge is 0.241 e. The van der Waals surface area contributed by atoms with Crippen LogP contribution < -0.4 is 14.8 Å². The molecule has 1 aromatic carbocycles. The fourth-order valence-electron chi connectivity index (χ4n) is 3.60. The zero-order valence-corrected chi connectivity index (χ0v) is 17.6. The number of carbonyl (C=O) groups is 1. The van der Waals surface area contributed by atoms with Gasteiger partial charge in [0.1, 0.15) is 5.75 Å². The summed E-state index contributed by atoms with van der Waals surface area (Å²) in [4.78, 5) is 13.7. The fourth-order valence-corrected chi connectivity index (χ4v) is 5.57.